The molecule has 16 heavy (non-hydrogen) atoms. The molecule has 1 aromatic rings. The third-order valence-electron chi connectivity index (χ3n) is 3.44. The van der Waals surface area contributed by atoms with Gasteiger partial charge >= 0.3 is 0 Å². The van der Waals surface area contributed by atoms with E-state index in [0.29, 0.717) is 11.7 Å². The number of nitrogens with two attached hydrogens (primary N) is 1. The predicted octanol–water partition coefficient (Wildman–Crippen LogP) is 0.351. The van der Waals surface area contributed by atoms with E-state index >= 15 is 0 Å². The molecule has 86 valence electrons. The molecule has 5 nitrogen and oxygen atoms in total. The van der Waals surface area contributed by atoms with Crippen molar-refractivity contribution in [1.29, 1.82) is 0 Å². The van der Waals surface area contributed by atoms with Gasteiger partial charge in [0, 0.05) is 13.1 Å². The summed E-state index contributed by atoms with van der Waals surface area (Å²) >= 11 is 5.90. The Morgan fingerprint density at radius 1 is 1.56 bits per heavy atom. The second-order valence-electron chi connectivity index (χ2n) is 4.73. The zero-order valence-electron chi connectivity index (χ0n) is 8.74. The summed E-state index contributed by atoms with van der Waals surface area (Å²) in [7, 11) is 0. The lowest BCUT2D eigenvalue weighted by Crippen LogP contribution is -2.69. The average molecular weight is 241 g/mol. The zero-order chi connectivity index (χ0) is 11.3. The molecule has 1 aromatic heterocycles. The molecule has 0 amide bonds. The third-order valence-corrected chi connectivity index (χ3v) is 3.78. The maximum Gasteiger partial charge on any atom is 0.271 e. The minimum atomic E-state index is -0.299. The number of rotatable bonds is 2. The van der Waals surface area contributed by atoms with E-state index in [2.05, 4.69) is 9.97 Å². The highest BCUT2D eigenvalue weighted by Gasteiger charge is 2.51. The van der Waals surface area contributed by atoms with Crippen LogP contribution < -0.4 is 16.2 Å². The van der Waals surface area contributed by atoms with Crippen molar-refractivity contribution in [3.63, 3.8) is 0 Å². The van der Waals surface area contributed by atoms with Crippen LogP contribution in [0.2, 0.25) is 5.02 Å². The molecule has 1 saturated heterocycles. The minimum absolute atomic E-state index is 0.0897. The monoisotopic (exact) mass is 240 g/mol. The Kier molecular flexibility index (Phi) is 2.03. The number of nitrogens with zero attached hydrogens (tertiary/aromatic N) is 2. The molecule has 3 N–H and O–H groups in total. The molecule has 0 spiro atoms. The summed E-state index contributed by atoms with van der Waals surface area (Å²) in [5, 5.41) is 0.153. The highest BCUT2D eigenvalue weighted by molar-refractivity contribution is 6.32. The van der Waals surface area contributed by atoms with Gasteiger partial charge in [0.25, 0.3) is 5.56 Å². The average Bonchev–Trinajstić information content (AvgIpc) is 3.01. The van der Waals surface area contributed by atoms with E-state index in [-0.39, 0.29) is 16.1 Å². The summed E-state index contributed by atoms with van der Waals surface area (Å²) < 4.78 is 0. The molecule has 0 bridgehead atoms. The van der Waals surface area contributed by atoms with Gasteiger partial charge in [-0.05, 0) is 18.8 Å². The number of nitrogens with one attached hydrogen (secondary N) is 1. The highest BCUT2D eigenvalue weighted by Crippen LogP contribution is 2.44. The summed E-state index contributed by atoms with van der Waals surface area (Å²) in [5.41, 5.74) is 5.84. The molecule has 0 radical (unpaired) electrons. The van der Waals surface area contributed by atoms with Gasteiger partial charge in [0.2, 0.25) is 0 Å². The van der Waals surface area contributed by atoms with Gasteiger partial charge in [-0.3, -0.25) is 4.79 Å². The van der Waals surface area contributed by atoms with Crippen molar-refractivity contribution in [2.45, 2.75) is 18.4 Å². The second kappa shape index (κ2) is 3.21. The second-order valence-corrected chi connectivity index (χ2v) is 5.11. The quantitative estimate of drug-likeness (QED) is 0.782. The van der Waals surface area contributed by atoms with Gasteiger partial charge in [-0.2, -0.15) is 0 Å². The number of hydrogen-bond donors (Lipinski definition) is 2. The van der Waals surface area contributed by atoms with Gasteiger partial charge in [0.05, 0.1) is 11.9 Å². The molecule has 1 aliphatic carbocycles. The maximum absolute atomic E-state index is 11.3. The lowest BCUT2D eigenvalue weighted by molar-refractivity contribution is 0.289. The molecule has 0 aromatic carbocycles. The van der Waals surface area contributed by atoms with Crippen molar-refractivity contribution in [3.05, 3.63) is 21.7 Å². The molecule has 2 heterocycles. The summed E-state index contributed by atoms with van der Waals surface area (Å²) in [5.74, 6) is 1.19. The Morgan fingerprint density at radius 3 is 2.88 bits per heavy atom. The van der Waals surface area contributed by atoms with E-state index < -0.39 is 0 Å². The van der Waals surface area contributed by atoms with Crippen LogP contribution in [0.3, 0.4) is 0 Å². The van der Waals surface area contributed by atoms with Crippen LogP contribution in [-0.4, -0.2) is 28.6 Å². The molecule has 3 rings (SSSR count). The first-order valence-electron chi connectivity index (χ1n) is 5.37. The van der Waals surface area contributed by atoms with Crippen LogP contribution in [0.5, 0.6) is 0 Å². The zero-order valence-corrected chi connectivity index (χ0v) is 9.50. The number of aromatic nitrogens is 2. The van der Waals surface area contributed by atoms with Gasteiger partial charge in [-0.15, -0.1) is 0 Å². The van der Waals surface area contributed by atoms with E-state index in [1.807, 2.05) is 4.90 Å². The van der Waals surface area contributed by atoms with Gasteiger partial charge in [0.1, 0.15) is 5.02 Å². The van der Waals surface area contributed by atoms with Crippen LogP contribution in [-0.2, 0) is 0 Å². The van der Waals surface area contributed by atoms with Gasteiger partial charge in [-0.25, -0.2) is 4.98 Å². The fourth-order valence-electron chi connectivity index (χ4n) is 2.32. The lowest BCUT2D eigenvalue weighted by atomic mass is 9.86. The van der Waals surface area contributed by atoms with Gasteiger partial charge in [-0.1, -0.05) is 11.6 Å². The Morgan fingerprint density at radius 2 is 2.25 bits per heavy atom. The highest BCUT2D eigenvalue weighted by atomic mass is 35.5. The van der Waals surface area contributed by atoms with E-state index in [4.69, 9.17) is 17.3 Å². The van der Waals surface area contributed by atoms with Crippen molar-refractivity contribution >= 4 is 17.4 Å². The molecule has 2 fully saturated rings. The molecule has 0 unspecified atom stereocenters. The first-order chi connectivity index (χ1) is 7.60. The number of halogens is 1. The SMILES string of the molecule is NC1(C2CC2)CN(c2nc[nH]c(=O)c2Cl)C1. The van der Waals surface area contributed by atoms with E-state index in [9.17, 15) is 4.79 Å². The van der Waals surface area contributed by atoms with Crippen LogP contribution in [0.15, 0.2) is 11.1 Å². The van der Waals surface area contributed by atoms with Crippen molar-refractivity contribution in [2.24, 2.45) is 11.7 Å². The summed E-state index contributed by atoms with van der Waals surface area (Å²) in [6.45, 7) is 1.49. The number of anilines is 1. The number of hydrogen-bond acceptors (Lipinski definition) is 4. The molecule has 2 aliphatic rings. The summed E-state index contributed by atoms with van der Waals surface area (Å²) in [6.07, 6.45) is 3.82. The van der Waals surface area contributed by atoms with Gasteiger partial charge in [0.15, 0.2) is 5.82 Å². The Balaban J connectivity index is 1.81. The van der Waals surface area contributed by atoms with E-state index in [0.717, 1.165) is 13.1 Å². The first kappa shape index (κ1) is 10.1. The van der Waals surface area contributed by atoms with Crippen molar-refractivity contribution in [1.82, 2.24) is 9.97 Å². The Hall–Kier alpha value is -1.07. The fraction of sp³-hybridized carbons (Fsp3) is 0.600. The largest absolute Gasteiger partial charge is 0.351 e. The standard InChI is InChI=1S/C10H13ClN4O/c11-7-8(13-5-14-9(7)16)15-3-10(12,4-15)6-1-2-6/h5-6H,1-4,12H2,(H,13,14,16). The molecule has 0 atom stereocenters. The van der Waals surface area contributed by atoms with E-state index in [1.165, 1.54) is 19.2 Å². The number of aromatic amines is 1. The summed E-state index contributed by atoms with van der Waals surface area (Å²) in [4.78, 5) is 19.8. The van der Waals surface area contributed by atoms with Gasteiger partial charge < -0.3 is 15.6 Å². The Bertz CT molecular complexity index is 476. The number of H-pyrrole nitrogens is 1. The first-order valence-corrected chi connectivity index (χ1v) is 5.75. The molecular formula is C10H13ClN4O. The minimum Gasteiger partial charge on any atom is -0.351 e. The smallest absolute Gasteiger partial charge is 0.271 e. The predicted molar refractivity (Wildman–Crippen MR) is 61.7 cm³/mol. The fourth-order valence-corrected chi connectivity index (χ4v) is 2.55. The van der Waals surface area contributed by atoms with Crippen molar-refractivity contribution in [2.75, 3.05) is 18.0 Å². The summed E-state index contributed by atoms with van der Waals surface area (Å²) in [6, 6.07) is 0. The van der Waals surface area contributed by atoms with Crippen LogP contribution in [0.4, 0.5) is 5.82 Å². The molecule has 1 aliphatic heterocycles. The molecule has 1 saturated carbocycles. The topological polar surface area (TPSA) is 75.0 Å². The Labute approximate surface area is 97.6 Å². The van der Waals surface area contributed by atoms with Crippen molar-refractivity contribution < 1.29 is 0 Å². The van der Waals surface area contributed by atoms with Crippen LogP contribution in [0.1, 0.15) is 12.8 Å². The third kappa shape index (κ3) is 1.43. The van der Waals surface area contributed by atoms with Crippen LogP contribution in [0.25, 0.3) is 0 Å². The van der Waals surface area contributed by atoms with Crippen LogP contribution >= 0.6 is 11.6 Å². The molecular weight excluding hydrogens is 228 g/mol. The van der Waals surface area contributed by atoms with E-state index in [1.54, 1.807) is 0 Å². The normalized spacial score (nSPS) is 23.0. The molecule has 6 heteroatoms. The maximum atomic E-state index is 11.3. The lowest BCUT2D eigenvalue weighted by Gasteiger charge is -2.49. The van der Waals surface area contributed by atoms with Crippen molar-refractivity contribution in [3.8, 4) is 0 Å². The van der Waals surface area contributed by atoms with Crippen LogP contribution in [0, 0.1) is 5.92 Å².